The Bertz CT molecular complexity index is 956. The first-order valence-corrected chi connectivity index (χ1v) is 8.92. The van der Waals surface area contributed by atoms with Crippen molar-refractivity contribution < 1.29 is 4.79 Å². The lowest BCUT2D eigenvalue weighted by molar-refractivity contribution is -0.133. The summed E-state index contributed by atoms with van der Waals surface area (Å²) in [5.41, 5.74) is 7.64. The second-order valence-electron chi connectivity index (χ2n) is 7.35. The molecule has 1 amide bonds. The summed E-state index contributed by atoms with van der Waals surface area (Å²) in [5.74, 6) is 1.39. The standard InChI is InChI=1S/C19H21N5O/c1-10-7-14-15(8-11(10)2)21-18(20-14)17-13-5-6-24(9-16(13)22-23-17)19(25)12-3-4-12/h7-8,12H,3-6,9H2,1-2H3,(H,20,21)(H,22,23). The minimum Gasteiger partial charge on any atom is -0.337 e. The monoisotopic (exact) mass is 335 g/mol. The Morgan fingerprint density at radius 3 is 2.84 bits per heavy atom. The zero-order chi connectivity index (χ0) is 17.1. The Balaban J connectivity index is 1.49. The van der Waals surface area contributed by atoms with Gasteiger partial charge in [-0.1, -0.05) is 0 Å². The molecule has 0 atom stereocenters. The van der Waals surface area contributed by atoms with Crippen LogP contribution < -0.4 is 0 Å². The first-order chi connectivity index (χ1) is 12.1. The van der Waals surface area contributed by atoms with Crippen molar-refractivity contribution in [2.75, 3.05) is 6.54 Å². The predicted molar refractivity (Wildman–Crippen MR) is 95.0 cm³/mol. The topological polar surface area (TPSA) is 77.7 Å². The summed E-state index contributed by atoms with van der Waals surface area (Å²) >= 11 is 0. The maximum atomic E-state index is 12.3. The summed E-state index contributed by atoms with van der Waals surface area (Å²) in [6.07, 6.45) is 2.92. The van der Waals surface area contributed by atoms with Gasteiger partial charge in [0.2, 0.25) is 5.91 Å². The van der Waals surface area contributed by atoms with Gasteiger partial charge in [-0.25, -0.2) is 4.98 Å². The normalized spacial score (nSPS) is 17.1. The van der Waals surface area contributed by atoms with E-state index in [0.29, 0.717) is 12.5 Å². The number of H-pyrrole nitrogens is 2. The van der Waals surface area contributed by atoms with Crippen LogP contribution in [0.2, 0.25) is 0 Å². The predicted octanol–water partition coefficient (Wildman–Crippen LogP) is 2.86. The molecule has 0 unspecified atom stereocenters. The van der Waals surface area contributed by atoms with Gasteiger partial charge in [0, 0.05) is 18.0 Å². The number of nitrogens with zero attached hydrogens (tertiary/aromatic N) is 3. The van der Waals surface area contributed by atoms with Crippen LogP contribution in [0.25, 0.3) is 22.6 Å². The van der Waals surface area contributed by atoms with Crippen LogP contribution in [0, 0.1) is 19.8 Å². The van der Waals surface area contributed by atoms with Crippen LogP contribution in [0.5, 0.6) is 0 Å². The van der Waals surface area contributed by atoms with Gasteiger partial charge in [0.25, 0.3) is 0 Å². The second kappa shape index (κ2) is 5.18. The molecule has 3 aromatic rings. The molecule has 0 spiro atoms. The van der Waals surface area contributed by atoms with Gasteiger partial charge >= 0.3 is 0 Å². The number of aromatic amines is 2. The third kappa shape index (κ3) is 2.35. The van der Waals surface area contributed by atoms with E-state index in [4.69, 9.17) is 4.98 Å². The van der Waals surface area contributed by atoms with E-state index in [-0.39, 0.29) is 5.92 Å². The number of nitrogens with one attached hydrogen (secondary N) is 2. The van der Waals surface area contributed by atoms with E-state index in [1.807, 2.05) is 4.90 Å². The molecule has 128 valence electrons. The van der Waals surface area contributed by atoms with Crippen LogP contribution in [0.15, 0.2) is 12.1 Å². The second-order valence-corrected chi connectivity index (χ2v) is 7.35. The van der Waals surface area contributed by atoms with Crippen molar-refractivity contribution in [2.45, 2.75) is 39.7 Å². The Labute approximate surface area is 145 Å². The number of aryl methyl sites for hydroxylation is 2. The number of carbonyl (C=O) groups excluding carboxylic acids is 1. The fraction of sp³-hybridized carbons (Fsp3) is 0.421. The van der Waals surface area contributed by atoms with Gasteiger partial charge in [0.1, 0.15) is 5.69 Å². The van der Waals surface area contributed by atoms with E-state index < -0.39 is 0 Å². The number of amides is 1. The summed E-state index contributed by atoms with van der Waals surface area (Å²) in [5, 5.41) is 7.62. The van der Waals surface area contributed by atoms with Crippen LogP contribution >= 0.6 is 0 Å². The van der Waals surface area contributed by atoms with Gasteiger partial charge in [0.05, 0.1) is 23.3 Å². The zero-order valence-corrected chi connectivity index (χ0v) is 14.5. The molecule has 2 aliphatic rings. The molecule has 25 heavy (non-hydrogen) atoms. The molecule has 3 heterocycles. The molecular formula is C19H21N5O. The number of hydrogen-bond acceptors (Lipinski definition) is 3. The van der Waals surface area contributed by atoms with Gasteiger partial charge in [-0.3, -0.25) is 9.89 Å². The van der Waals surface area contributed by atoms with Crippen molar-refractivity contribution in [3.05, 3.63) is 34.5 Å². The van der Waals surface area contributed by atoms with Crippen molar-refractivity contribution in [1.82, 2.24) is 25.1 Å². The SMILES string of the molecule is Cc1cc2nc(-c3[nH]nc4c3CCN(C(=O)C3CC3)C4)[nH]c2cc1C. The lowest BCUT2D eigenvalue weighted by Gasteiger charge is -2.26. The average Bonchev–Trinajstić information content (AvgIpc) is 3.25. The number of hydrogen-bond donors (Lipinski definition) is 2. The largest absolute Gasteiger partial charge is 0.337 e. The smallest absolute Gasteiger partial charge is 0.226 e. The first kappa shape index (κ1) is 14.7. The van der Waals surface area contributed by atoms with E-state index in [1.165, 1.54) is 16.7 Å². The number of rotatable bonds is 2. The molecule has 1 aromatic carbocycles. The zero-order valence-electron chi connectivity index (χ0n) is 14.5. The van der Waals surface area contributed by atoms with Crippen LogP contribution in [-0.2, 0) is 17.8 Å². The maximum absolute atomic E-state index is 12.3. The molecule has 5 rings (SSSR count). The quantitative estimate of drug-likeness (QED) is 0.756. The third-order valence-corrected chi connectivity index (χ3v) is 5.50. The summed E-state index contributed by atoms with van der Waals surface area (Å²) < 4.78 is 0. The number of imidazole rings is 1. The number of benzene rings is 1. The van der Waals surface area contributed by atoms with E-state index in [9.17, 15) is 4.79 Å². The van der Waals surface area contributed by atoms with Gasteiger partial charge in [-0.15, -0.1) is 0 Å². The van der Waals surface area contributed by atoms with Gasteiger partial charge < -0.3 is 9.88 Å². The van der Waals surface area contributed by atoms with Gasteiger partial charge in [0.15, 0.2) is 5.82 Å². The highest BCUT2D eigenvalue weighted by Crippen LogP contribution is 2.34. The van der Waals surface area contributed by atoms with Crippen molar-refractivity contribution >= 4 is 16.9 Å². The van der Waals surface area contributed by atoms with E-state index >= 15 is 0 Å². The molecule has 2 aromatic heterocycles. The summed E-state index contributed by atoms with van der Waals surface area (Å²) in [7, 11) is 0. The molecule has 6 nitrogen and oxygen atoms in total. The Morgan fingerprint density at radius 1 is 1.24 bits per heavy atom. The van der Waals surface area contributed by atoms with Crippen LogP contribution in [-0.4, -0.2) is 37.5 Å². The third-order valence-electron chi connectivity index (χ3n) is 5.50. The summed E-state index contributed by atoms with van der Waals surface area (Å²) in [4.78, 5) is 22.4. The van der Waals surface area contributed by atoms with Crippen LogP contribution in [0.3, 0.4) is 0 Å². The van der Waals surface area contributed by atoms with E-state index in [0.717, 1.165) is 54.1 Å². The lowest BCUT2D eigenvalue weighted by Crippen LogP contribution is -2.36. The Morgan fingerprint density at radius 2 is 2.04 bits per heavy atom. The highest BCUT2D eigenvalue weighted by atomic mass is 16.2. The van der Waals surface area contributed by atoms with Crippen molar-refractivity contribution in [1.29, 1.82) is 0 Å². The van der Waals surface area contributed by atoms with Crippen molar-refractivity contribution in [3.63, 3.8) is 0 Å². The van der Waals surface area contributed by atoms with E-state index in [2.05, 4.69) is 41.2 Å². The van der Waals surface area contributed by atoms with Crippen LogP contribution in [0.1, 0.15) is 35.2 Å². The minimum atomic E-state index is 0.266. The fourth-order valence-electron chi connectivity index (χ4n) is 3.67. The first-order valence-electron chi connectivity index (χ1n) is 8.92. The molecule has 1 aliphatic carbocycles. The average molecular weight is 335 g/mol. The highest BCUT2D eigenvalue weighted by Gasteiger charge is 2.35. The lowest BCUT2D eigenvalue weighted by atomic mass is 10.0. The molecule has 2 N–H and O–H groups in total. The molecule has 1 saturated carbocycles. The van der Waals surface area contributed by atoms with Crippen LogP contribution in [0.4, 0.5) is 0 Å². The molecular weight excluding hydrogens is 314 g/mol. The molecule has 0 radical (unpaired) electrons. The van der Waals surface area contributed by atoms with E-state index in [1.54, 1.807) is 0 Å². The number of aromatic nitrogens is 4. The maximum Gasteiger partial charge on any atom is 0.226 e. The minimum absolute atomic E-state index is 0.266. The molecule has 0 saturated heterocycles. The van der Waals surface area contributed by atoms with Gasteiger partial charge in [-0.2, -0.15) is 5.10 Å². The number of carbonyl (C=O) groups is 1. The number of fused-ring (bicyclic) bond motifs is 2. The fourth-order valence-corrected chi connectivity index (χ4v) is 3.67. The highest BCUT2D eigenvalue weighted by molar-refractivity contribution is 5.82. The molecule has 1 fully saturated rings. The van der Waals surface area contributed by atoms with Gasteiger partial charge in [-0.05, 0) is 56.4 Å². The molecule has 1 aliphatic heterocycles. The molecule has 6 heteroatoms. The molecule has 0 bridgehead atoms. The Kier molecular flexibility index (Phi) is 3.04. The summed E-state index contributed by atoms with van der Waals surface area (Å²) in [6, 6.07) is 4.25. The summed E-state index contributed by atoms with van der Waals surface area (Å²) in [6.45, 7) is 5.60. The van der Waals surface area contributed by atoms with Crippen molar-refractivity contribution in [3.8, 4) is 11.5 Å². The Hall–Kier alpha value is -2.63. The van der Waals surface area contributed by atoms with Crippen molar-refractivity contribution in [2.24, 2.45) is 5.92 Å².